The molecule has 1 aliphatic heterocycles. The molecule has 2 nitrogen and oxygen atoms in total. The molecule has 0 radical (unpaired) electrons. The van der Waals surface area contributed by atoms with Gasteiger partial charge in [-0.2, -0.15) is 0 Å². The van der Waals surface area contributed by atoms with E-state index in [1.165, 1.54) is 23.1 Å². The van der Waals surface area contributed by atoms with Crippen molar-refractivity contribution in [3.63, 3.8) is 0 Å². The first-order valence-electron chi connectivity index (χ1n) is 5.84. The van der Waals surface area contributed by atoms with E-state index in [0.29, 0.717) is 0 Å². The molecule has 2 rings (SSSR count). The van der Waals surface area contributed by atoms with Gasteiger partial charge >= 0.3 is 0 Å². The quantitative estimate of drug-likeness (QED) is 0.780. The fourth-order valence-electron chi connectivity index (χ4n) is 2.07. The standard InChI is InChI=1S/C14H19NO/c1-11-8-13-5-6-14(16-2)9-12(13)4-3-7-15-10-11/h5-6,8-9,15H,3-4,7,10H2,1-2H3. The Labute approximate surface area is 97.3 Å². The Morgan fingerprint density at radius 3 is 3.00 bits per heavy atom. The average molecular weight is 217 g/mol. The van der Waals surface area contributed by atoms with Crippen molar-refractivity contribution in [2.24, 2.45) is 0 Å². The highest BCUT2D eigenvalue weighted by Gasteiger charge is 2.05. The van der Waals surface area contributed by atoms with Crippen molar-refractivity contribution in [2.45, 2.75) is 19.8 Å². The number of fused-ring (bicyclic) bond motifs is 1. The van der Waals surface area contributed by atoms with Gasteiger partial charge in [-0.1, -0.05) is 17.7 Å². The van der Waals surface area contributed by atoms with Crippen molar-refractivity contribution in [3.8, 4) is 5.75 Å². The third-order valence-corrected chi connectivity index (χ3v) is 2.96. The molecule has 0 spiro atoms. The van der Waals surface area contributed by atoms with Gasteiger partial charge in [0.1, 0.15) is 5.75 Å². The highest BCUT2D eigenvalue weighted by molar-refractivity contribution is 5.58. The summed E-state index contributed by atoms with van der Waals surface area (Å²) in [5.41, 5.74) is 4.11. The summed E-state index contributed by atoms with van der Waals surface area (Å²) in [6.45, 7) is 4.25. The molecule has 0 saturated carbocycles. The smallest absolute Gasteiger partial charge is 0.119 e. The van der Waals surface area contributed by atoms with Crippen LogP contribution in [0.15, 0.2) is 23.8 Å². The maximum absolute atomic E-state index is 5.27. The summed E-state index contributed by atoms with van der Waals surface area (Å²) in [6.07, 6.45) is 4.57. The van der Waals surface area contributed by atoms with E-state index in [4.69, 9.17) is 4.74 Å². The molecule has 16 heavy (non-hydrogen) atoms. The number of ether oxygens (including phenoxy) is 1. The van der Waals surface area contributed by atoms with E-state index in [2.05, 4.69) is 30.4 Å². The SMILES string of the molecule is COc1ccc2c(c1)CCCNCC(C)=C2. The van der Waals surface area contributed by atoms with E-state index in [-0.39, 0.29) is 0 Å². The summed E-state index contributed by atoms with van der Waals surface area (Å²) in [5.74, 6) is 0.956. The van der Waals surface area contributed by atoms with Crippen molar-refractivity contribution in [1.82, 2.24) is 5.32 Å². The van der Waals surface area contributed by atoms with Gasteiger partial charge in [-0.3, -0.25) is 0 Å². The number of hydrogen-bond acceptors (Lipinski definition) is 2. The van der Waals surface area contributed by atoms with Crippen LogP contribution in [0.5, 0.6) is 5.75 Å². The molecular weight excluding hydrogens is 198 g/mol. The second-order valence-corrected chi connectivity index (χ2v) is 4.34. The predicted molar refractivity (Wildman–Crippen MR) is 67.8 cm³/mol. The summed E-state index contributed by atoms with van der Waals surface area (Å²) in [4.78, 5) is 0. The third-order valence-electron chi connectivity index (χ3n) is 2.96. The van der Waals surface area contributed by atoms with Crippen LogP contribution in [0, 0.1) is 0 Å². The second kappa shape index (κ2) is 5.17. The van der Waals surface area contributed by atoms with Crippen molar-refractivity contribution >= 4 is 6.08 Å². The molecule has 1 aliphatic rings. The minimum Gasteiger partial charge on any atom is -0.497 e. The Hall–Kier alpha value is -1.28. The van der Waals surface area contributed by atoms with Crippen molar-refractivity contribution in [1.29, 1.82) is 0 Å². The number of aryl methyl sites for hydroxylation is 1. The molecule has 0 bridgehead atoms. The molecule has 0 aliphatic carbocycles. The van der Waals surface area contributed by atoms with Crippen molar-refractivity contribution in [3.05, 3.63) is 34.9 Å². The zero-order chi connectivity index (χ0) is 11.4. The molecule has 1 N–H and O–H groups in total. The van der Waals surface area contributed by atoms with Crippen LogP contribution in [-0.4, -0.2) is 20.2 Å². The largest absolute Gasteiger partial charge is 0.497 e. The molecule has 1 heterocycles. The third kappa shape index (κ3) is 2.64. The van der Waals surface area contributed by atoms with Crippen LogP contribution in [0.3, 0.4) is 0 Å². The molecule has 0 aromatic heterocycles. The highest BCUT2D eigenvalue weighted by Crippen LogP contribution is 2.22. The monoisotopic (exact) mass is 217 g/mol. The van der Waals surface area contributed by atoms with Gasteiger partial charge in [-0.25, -0.2) is 0 Å². The van der Waals surface area contributed by atoms with E-state index < -0.39 is 0 Å². The molecule has 0 saturated heterocycles. The average Bonchev–Trinajstić information content (AvgIpc) is 2.38. The van der Waals surface area contributed by atoms with Crippen LogP contribution in [0.2, 0.25) is 0 Å². The molecule has 0 amide bonds. The number of hydrogen-bond donors (Lipinski definition) is 1. The van der Waals surface area contributed by atoms with Gasteiger partial charge in [0, 0.05) is 6.54 Å². The van der Waals surface area contributed by atoms with Gasteiger partial charge in [0.2, 0.25) is 0 Å². The van der Waals surface area contributed by atoms with Gasteiger partial charge < -0.3 is 10.1 Å². The summed E-state index contributed by atoms with van der Waals surface area (Å²) in [6, 6.07) is 6.35. The molecule has 0 unspecified atom stereocenters. The van der Waals surface area contributed by atoms with E-state index in [9.17, 15) is 0 Å². The van der Waals surface area contributed by atoms with Crippen LogP contribution in [-0.2, 0) is 6.42 Å². The van der Waals surface area contributed by atoms with Crippen LogP contribution in [0.4, 0.5) is 0 Å². The van der Waals surface area contributed by atoms with Gasteiger partial charge in [-0.15, -0.1) is 0 Å². The number of nitrogens with one attached hydrogen (secondary N) is 1. The summed E-state index contributed by atoms with van der Waals surface area (Å²) < 4.78 is 5.27. The molecule has 1 aromatic rings. The number of benzene rings is 1. The minimum atomic E-state index is 0.956. The first-order chi connectivity index (χ1) is 7.79. The van der Waals surface area contributed by atoms with Crippen LogP contribution in [0.25, 0.3) is 6.08 Å². The lowest BCUT2D eigenvalue weighted by molar-refractivity contribution is 0.414. The van der Waals surface area contributed by atoms with Gasteiger partial charge in [0.05, 0.1) is 7.11 Å². The molecule has 2 heteroatoms. The Bertz CT molecular complexity index is 396. The zero-order valence-electron chi connectivity index (χ0n) is 10.0. The summed E-state index contributed by atoms with van der Waals surface area (Å²) >= 11 is 0. The fraction of sp³-hybridized carbons (Fsp3) is 0.429. The molecule has 86 valence electrons. The summed E-state index contributed by atoms with van der Waals surface area (Å²) in [5, 5.41) is 3.44. The Morgan fingerprint density at radius 1 is 1.31 bits per heavy atom. The first-order valence-corrected chi connectivity index (χ1v) is 5.84. The molecule has 0 fully saturated rings. The minimum absolute atomic E-state index is 0.956. The number of methoxy groups -OCH3 is 1. The lowest BCUT2D eigenvalue weighted by Crippen LogP contribution is -2.17. The maximum Gasteiger partial charge on any atom is 0.119 e. The lowest BCUT2D eigenvalue weighted by Gasteiger charge is -2.08. The molecule has 1 aromatic carbocycles. The Kier molecular flexibility index (Phi) is 3.62. The van der Waals surface area contributed by atoms with Gasteiger partial charge in [-0.05, 0) is 49.6 Å². The lowest BCUT2D eigenvalue weighted by atomic mass is 10.0. The normalized spacial score (nSPS) is 16.5. The highest BCUT2D eigenvalue weighted by atomic mass is 16.5. The first kappa shape index (κ1) is 11.2. The Morgan fingerprint density at radius 2 is 2.19 bits per heavy atom. The van der Waals surface area contributed by atoms with E-state index >= 15 is 0 Å². The van der Waals surface area contributed by atoms with E-state index in [0.717, 1.165) is 25.3 Å². The van der Waals surface area contributed by atoms with Gasteiger partial charge in [0.25, 0.3) is 0 Å². The zero-order valence-corrected chi connectivity index (χ0v) is 10.0. The fourth-order valence-corrected chi connectivity index (χ4v) is 2.07. The predicted octanol–water partition coefficient (Wildman–Crippen LogP) is 2.63. The number of rotatable bonds is 1. The Balaban J connectivity index is 2.36. The second-order valence-electron chi connectivity index (χ2n) is 4.34. The van der Waals surface area contributed by atoms with E-state index in [1.54, 1.807) is 7.11 Å². The molecule has 0 atom stereocenters. The van der Waals surface area contributed by atoms with Crippen LogP contribution >= 0.6 is 0 Å². The molecular formula is C14H19NO. The topological polar surface area (TPSA) is 21.3 Å². The van der Waals surface area contributed by atoms with Crippen LogP contribution < -0.4 is 10.1 Å². The van der Waals surface area contributed by atoms with Crippen LogP contribution in [0.1, 0.15) is 24.5 Å². The van der Waals surface area contributed by atoms with Crippen molar-refractivity contribution < 1.29 is 4.74 Å². The van der Waals surface area contributed by atoms with Crippen molar-refractivity contribution in [2.75, 3.05) is 20.2 Å². The van der Waals surface area contributed by atoms with E-state index in [1.807, 2.05) is 6.07 Å². The summed E-state index contributed by atoms with van der Waals surface area (Å²) in [7, 11) is 1.72. The van der Waals surface area contributed by atoms with Gasteiger partial charge in [0.15, 0.2) is 0 Å². The maximum atomic E-state index is 5.27.